The first-order valence-corrected chi connectivity index (χ1v) is 8.95. The minimum Gasteiger partial charge on any atom is -0.497 e. The molecule has 2 fully saturated rings. The molecule has 2 saturated heterocycles. The van der Waals surface area contributed by atoms with E-state index < -0.39 is 0 Å². The molecule has 24 heavy (non-hydrogen) atoms. The number of piperidine rings is 1. The minimum atomic E-state index is -0.373. The maximum absolute atomic E-state index is 12.7. The maximum Gasteiger partial charge on any atom is 0.239 e. The third kappa shape index (κ3) is 3.90. The van der Waals surface area contributed by atoms with Gasteiger partial charge in [0.2, 0.25) is 5.91 Å². The van der Waals surface area contributed by atoms with Crippen molar-refractivity contribution >= 4 is 5.91 Å². The van der Waals surface area contributed by atoms with Crippen molar-refractivity contribution in [1.82, 2.24) is 4.90 Å². The number of nitrogens with two attached hydrogens (primary N) is 1. The Morgan fingerprint density at radius 1 is 1.25 bits per heavy atom. The van der Waals surface area contributed by atoms with Crippen LogP contribution in [0.15, 0.2) is 24.3 Å². The second-order valence-corrected chi connectivity index (χ2v) is 6.85. The van der Waals surface area contributed by atoms with Crippen LogP contribution in [0.25, 0.3) is 0 Å². The largest absolute Gasteiger partial charge is 0.497 e. The third-order valence-corrected chi connectivity index (χ3v) is 5.43. The van der Waals surface area contributed by atoms with E-state index in [1.807, 2.05) is 17.0 Å². The number of rotatable bonds is 4. The SMILES string of the molecule is COc1cccc(C2CCN(C(=O)C(N)C3CCOCC3)CC2)c1. The summed E-state index contributed by atoms with van der Waals surface area (Å²) >= 11 is 0. The van der Waals surface area contributed by atoms with Crippen LogP contribution in [0.5, 0.6) is 5.75 Å². The number of methoxy groups -OCH3 is 1. The van der Waals surface area contributed by atoms with Gasteiger partial charge in [-0.25, -0.2) is 0 Å². The van der Waals surface area contributed by atoms with E-state index in [1.165, 1.54) is 5.56 Å². The van der Waals surface area contributed by atoms with Crippen LogP contribution < -0.4 is 10.5 Å². The molecule has 1 aromatic carbocycles. The van der Waals surface area contributed by atoms with Crippen LogP contribution in [0.3, 0.4) is 0 Å². The number of likely N-dealkylation sites (tertiary alicyclic amines) is 1. The van der Waals surface area contributed by atoms with Gasteiger partial charge in [-0.05, 0) is 55.2 Å². The van der Waals surface area contributed by atoms with E-state index in [0.717, 1.165) is 57.7 Å². The summed E-state index contributed by atoms with van der Waals surface area (Å²) in [5, 5.41) is 0. The first-order chi connectivity index (χ1) is 11.7. The Kier molecular flexibility index (Phi) is 5.74. The molecule has 1 atom stereocenters. The summed E-state index contributed by atoms with van der Waals surface area (Å²) in [6.45, 7) is 3.03. The van der Waals surface area contributed by atoms with Crippen LogP contribution in [0, 0.1) is 5.92 Å². The van der Waals surface area contributed by atoms with Crippen LogP contribution in [-0.4, -0.2) is 50.3 Å². The molecule has 5 heteroatoms. The van der Waals surface area contributed by atoms with Gasteiger partial charge in [-0.1, -0.05) is 12.1 Å². The van der Waals surface area contributed by atoms with Gasteiger partial charge in [0.15, 0.2) is 0 Å². The standard InChI is InChI=1S/C19H28N2O3/c1-23-17-4-2-3-16(13-17)14-5-9-21(10-6-14)19(22)18(20)15-7-11-24-12-8-15/h2-4,13-15,18H,5-12,20H2,1H3. The van der Waals surface area contributed by atoms with Crippen molar-refractivity contribution in [2.45, 2.75) is 37.6 Å². The summed E-state index contributed by atoms with van der Waals surface area (Å²) in [4.78, 5) is 14.6. The number of nitrogens with zero attached hydrogens (tertiary/aromatic N) is 1. The Balaban J connectivity index is 1.55. The van der Waals surface area contributed by atoms with Crippen molar-refractivity contribution < 1.29 is 14.3 Å². The Morgan fingerprint density at radius 2 is 1.96 bits per heavy atom. The first kappa shape index (κ1) is 17.2. The van der Waals surface area contributed by atoms with Crippen molar-refractivity contribution in [2.75, 3.05) is 33.4 Å². The molecule has 1 unspecified atom stereocenters. The predicted molar refractivity (Wildman–Crippen MR) is 93.1 cm³/mol. The van der Waals surface area contributed by atoms with Crippen molar-refractivity contribution in [3.8, 4) is 5.75 Å². The van der Waals surface area contributed by atoms with Gasteiger partial charge in [-0.15, -0.1) is 0 Å². The molecule has 1 aromatic rings. The number of ether oxygens (including phenoxy) is 2. The van der Waals surface area contributed by atoms with E-state index in [1.54, 1.807) is 7.11 Å². The normalized spacial score (nSPS) is 21.5. The van der Waals surface area contributed by atoms with E-state index in [4.69, 9.17) is 15.2 Å². The van der Waals surface area contributed by atoms with Gasteiger partial charge in [-0.2, -0.15) is 0 Å². The fourth-order valence-electron chi connectivity index (χ4n) is 3.82. The number of carbonyl (C=O) groups excluding carboxylic acids is 1. The fraction of sp³-hybridized carbons (Fsp3) is 0.632. The molecular weight excluding hydrogens is 304 g/mol. The minimum absolute atomic E-state index is 0.117. The van der Waals surface area contributed by atoms with E-state index in [0.29, 0.717) is 5.92 Å². The lowest BCUT2D eigenvalue weighted by molar-refractivity contribution is -0.135. The number of amides is 1. The molecular formula is C19H28N2O3. The zero-order valence-electron chi connectivity index (χ0n) is 14.4. The molecule has 132 valence electrons. The van der Waals surface area contributed by atoms with Gasteiger partial charge in [0.25, 0.3) is 0 Å². The zero-order valence-corrected chi connectivity index (χ0v) is 14.4. The highest BCUT2D eigenvalue weighted by Gasteiger charge is 2.32. The zero-order chi connectivity index (χ0) is 16.9. The van der Waals surface area contributed by atoms with Gasteiger partial charge >= 0.3 is 0 Å². The molecule has 0 aromatic heterocycles. The van der Waals surface area contributed by atoms with Crippen LogP contribution in [0.4, 0.5) is 0 Å². The van der Waals surface area contributed by atoms with Gasteiger partial charge in [0.05, 0.1) is 13.2 Å². The highest BCUT2D eigenvalue weighted by Crippen LogP contribution is 2.30. The van der Waals surface area contributed by atoms with E-state index in [9.17, 15) is 4.79 Å². The van der Waals surface area contributed by atoms with Gasteiger partial charge in [-0.3, -0.25) is 4.79 Å². The summed E-state index contributed by atoms with van der Waals surface area (Å²) in [6.07, 6.45) is 3.76. The van der Waals surface area contributed by atoms with Crippen LogP contribution in [0.1, 0.15) is 37.2 Å². The Bertz CT molecular complexity index is 549. The molecule has 2 heterocycles. The van der Waals surface area contributed by atoms with Crippen molar-refractivity contribution in [2.24, 2.45) is 11.7 Å². The second kappa shape index (κ2) is 7.99. The Hall–Kier alpha value is -1.59. The van der Waals surface area contributed by atoms with Gasteiger partial charge < -0.3 is 20.1 Å². The van der Waals surface area contributed by atoms with Gasteiger partial charge in [0.1, 0.15) is 5.75 Å². The van der Waals surface area contributed by atoms with Crippen molar-refractivity contribution in [1.29, 1.82) is 0 Å². The van der Waals surface area contributed by atoms with Crippen LogP contribution in [0.2, 0.25) is 0 Å². The molecule has 3 rings (SSSR count). The molecule has 2 N–H and O–H groups in total. The molecule has 1 amide bonds. The summed E-state index contributed by atoms with van der Waals surface area (Å²) in [6, 6.07) is 7.89. The first-order valence-electron chi connectivity index (χ1n) is 8.95. The Labute approximate surface area is 144 Å². The summed E-state index contributed by atoms with van der Waals surface area (Å²) in [5.74, 6) is 1.77. The average molecular weight is 332 g/mol. The highest BCUT2D eigenvalue weighted by atomic mass is 16.5. The summed E-state index contributed by atoms with van der Waals surface area (Å²) in [5.41, 5.74) is 7.54. The predicted octanol–water partition coefficient (Wildman–Crippen LogP) is 2.16. The lowest BCUT2D eigenvalue weighted by Crippen LogP contribution is -2.51. The lowest BCUT2D eigenvalue weighted by Gasteiger charge is -2.36. The van der Waals surface area contributed by atoms with E-state index in [2.05, 4.69) is 12.1 Å². The summed E-state index contributed by atoms with van der Waals surface area (Å²) < 4.78 is 10.7. The topological polar surface area (TPSA) is 64.8 Å². The van der Waals surface area contributed by atoms with Crippen LogP contribution in [-0.2, 0) is 9.53 Å². The quantitative estimate of drug-likeness (QED) is 0.917. The number of carbonyl (C=O) groups is 1. The molecule has 0 saturated carbocycles. The number of hydrogen-bond donors (Lipinski definition) is 1. The molecule has 0 aliphatic carbocycles. The third-order valence-electron chi connectivity index (χ3n) is 5.43. The fourth-order valence-corrected chi connectivity index (χ4v) is 3.82. The highest BCUT2D eigenvalue weighted by molar-refractivity contribution is 5.82. The molecule has 0 radical (unpaired) electrons. The molecule has 2 aliphatic rings. The molecule has 2 aliphatic heterocycles. The van der Waals surface area contributed by atoms with E-state index in [-0.39, 0.29) is 17.9 Å². The maximum atomic E-state index is 12.7. The van der Waals surface area contributed by atoms with Crippen molar-refractivity contribution in [3.05, 3.63) is 29.8 Å². The smallest absolute Gasteiger partial charge is 0.239 e. The monoisotopic (exact) mass is 332 g/mol. The lowest BCUT2D eigenvalue weighted by atomic mass is 9.87. The van der Waals surface area contributed by atoms with Crippen molar-refractivity contribution in [3.63, 3.8) is 0 Å². The summed E-state index contributed by atoms with van der Waals surface area (Å²) in [7, 11) is 1.69. The Morgan fingerprint density at radius 3 is 2.62 bits per heavy atom. The second-order valence-electron chi connectivity index (χ2n) is 6.85. The molecule has 5 nitrogen and oxygen atoms in total. The molecule has 0 spiro atoms. The number of benzene rings is 1. The average Bonchev–Trinajstić information content (AvgIpc) is 2.67. The van der Waals surface area contributed by atoms with E-state index >= 15 is 0 Å². The van der Waals surface area contributed by atoms with Crippen LogP contribution >= 0.6 is 0 Å². The van der Waals surface area contributed by atoms with Gasteiger partial charge in [0, 0.05) is 26.3 Å². The number of hydrogen-bond acceptors (Lipinski definition) is 4. The molecule has 0 bridgehead atoms.